The maximum atomic E-state index is 12.3. The van der Waals surface area contributed by atoms with Crippen molar-refractivity contribution in [1.82, 2.24) is 9.03 Å². The van der Waals surface area contributed by atoms with E-state index in [4.69, 9.17) is 9.84 Å². The highest BCUT2D eigenvalue weighted by atomic mass is 32.2. The fraction of sp³-hybridized carbons (Fsp3) is 0.923. The summed E-state index contributed by atoms with van der Waals surface area (Å²) in [6, 6.07) is -0.960. The summed E-state index contributed by atoms with van der Waals surface area (Å²) in [5.74, 6) is -1.08. The molecule has 0 radical (unpaired) electrons. The average Bonchev–Trinajstić information content (AvgIpc) is 2.43. The summed E-state index contributed by atoms with van der Waals surface area (Å²) in [5.41, 5.74) is -0.252. The third-order valence-corrected chi connectivity index (χ3v) is 5.33. The first kappa shape index (κ1) is 18.3. The summed E-state index contributed by atoms with van der Waals surface area (Å²) in [7, 11) is -2.17. The standard InChI is InChI=1S/C13H26N2O5S/c1-13(2,7-9-20-3)10-14-21(18,19)15-8-5-4-6-11(15)12(16)17/h11,14H,4-10H2,1-3H3,(H,16,17). The maximum absolute atomic E-state index is 12.3. The first-order chi connectivity index (χ1) is 9.69. The fourth-order valence-electron chi connectivity index (χ4n) is 2.28. The number of carboxylic acid groups (broad SMARTS) is 1. The van der Waals surface area contributed by atoms with E-state index in [1.807, 2.05) is 13.8 Å². The molecule has 0 bridgehead atoms. The summed E-state index contributed by atoms with van der Waals surface area (Å²) in [5, 5.41) is 9.17. The minimum Gasteiger partial charge on any atom is -0.480 e. The van der Waals surface area contributed by atoms with Gasteiger partial charge in [-0.2, -0.15) is 12.7 Å². The fourth-order valence-corrected chi connectivity index (χ4v) is 3.91. The molecule has 21 heavy (non-hydrogen) atoms. The summed E-state index contributed by atoms with van der Waals surface area (Å²) in [6.45, 7) is 4.95. The lowest BCUT2D eigenvalue weighted by atomic mass is 9.90. The number of piperidine rings is 1. The normalized spacial score (nSPS) is 21.4. The van der Waals surface area contributed by atoms with Gasteiger partial charge in [-0.25, -0.2) is 4.72 Å². The molecule has 0 aromatic carbocycles. The number of methoxy groups -OCH3 is 1. The van der Waals surface area contributed by atoms with Crippen molar-refractivity contribution in [3.8, 4) is 0 Å². The van der Waals surface area contributed by atoms with Gasteiger partial charge >= 0.3 is 5.97 Å². The lowest BCUT2D eigenvalue weighted by molar-refractivity contribution is -0.142. The molecule has 0 aliphatic carbocycles. The van der Waals surface area contributed by atoms with Gasteiger partial charge in [0.25, 0.3) is 10.2 Å². The molecule has 0 aromatic heterocycles. The van der Waals surface area contributed by atoms with Crippen LogP contribution >= 0.6 is 0 Å². The molecule has 124 valence electrons. The van der Waals surface area contributed by atoms with Gasteiger partial charge < -0.3 is 9.84 Å². The number of nitrogens with one attached hydrogen (secondary N) is 1. The third-order valence-electron chi connectivity index (χ3n) is 3.76. The second-order valence-electron chi connectivity index (χ2n) is 6.19. The molecular formula is C13H26N2O5S. The summed E-state index contributed by atoms with van der Waals surface area (Å²) in [6.07, 6.45) is 2.51. The maximum Gasteiger partial charge on any atom is 0.322 e. The van der Waals surface area contributed by atoms with E-state index in [1.54, 1.807) is 7.11 Å². The van der Waals surface area contributed by atoms with Gasteiger partial charge in [-0.15, -0.1) is 0 Å². The van der Waals surface area contributed by atoms with E-state index in [0.29, 0.717) is 25.9 Å². The summed E-state index contributed by atoms with van der Waals surface area (Å²) >= 11 is 0. The minimum absolute atomic E-state index is 0.252. The van der Waals surface area contributed by atoms with Crippen LogP contribution in [0.4, 0.5) is 0 Å². The van der Waals surface area contributed by atoms with E-state index < -0.39 is 22.2 Å². The smallest absolute Gasteiger partial charge is 0.322 e. The molecule has 0 saturated carbocycles. The first-order valence-electron chi connectivity index (χ1n) is 7.18. The molecule has 0 amide bonds. The Kier molecular flexibility index (Phi) is 6.58. The van der Waals surface area contributed by atoms with Crippen LogP contribution in [-0.2, 0) is 19.7 Å². The van der Waals surface area contributed by atoms with E-state index in [0.717, 1.165) is 10.7 Å². The second-order valence-corrected chi connectivity index (χ2v) is 7.90. The highest BCUT2D eigenvalue weighted by molar-refractivity contribution is 7.87. The first-order valence-corrected chi connectivity index (χ1v) is 8.62. The number of carbonyl (C=O) groups is 1. The molecule has 1 aliphatic heterocycles. The second kappa shape index (κ2) is 7.53. The zero-order valence-corrected chi connectivity index (χ0v) is 13.8. The Morgan fingerprint density at radius 1 is 1.43 bits per heavy atom. The SMILES string of the molecule is COCCC(C)(C)CNS(=O)(=O)N1CCCCC1C(=O)O. The van der Waals surface area contributed by atoms with Gasteiger partial charge in [0.15, 0.2) is 0 Å². The number of aliphatic carboxylic acids is 1. The Hall–Kier alpha value is -0.700. The van der Waals surface area contributed by atoms with E-state index in [1.165, 1.54) is 0 Å². The number of hydrogen-bond acceptors (Lipinski definition) is 4. The van der Waals surface area contributed by atoms with Crippen molar-refractivity contribution in [2.45, 2.75) is 45.6 Å². The van der Waals surface area contributed by atoms with Crippen LogP contribution in [0.3, 0.4) is 0 Å². The van der Waals surface area contributed by atoms with Crippen LogP contribution in [0.25, 0.3) is 0 Å². The van der Waals surface area contributed by atoms with Gasteiger partial charge in [-0.3, -0.25) is 4.79 Å². The Labute approximate surface area is 126 Å². The molecule has 1 rings (SSSR count). The number of rotatable bonds is 8. The van der Waals surface area contributed by atoms with Crippen LogP contribution in [-0.4, -0.2) is 56.6 Å². The number of ether oxygens (including phenoxy) is 1. The van der Waals surface area contributed by atoms with Crippen molar-refractivity contribution in [3.63, 3.8) is 0 Å². The van der Waals surface area contributed by atoms with Gasteiger partial charge in [0.2, 0.25) is 0 Å². The number of hydrogen-bond donors (Lipinski definition) is 2. The Morgan fingerprint density at radius 3 is 2.67 bits per heavy atom. The van der Waals surface area contributed by atoms with Gasteiger partial charge in [-0.1, -0.05) is 13.8 Å². The Balaban J connectivity index is 2.69. The molecule has 1 fully saturated rings. The zero-order valence-electron chi connectivity index (χ0n) is 13.0. The van der Waals surface area contributed by atoms with Crippen molar-refractivity contribution in [3.05, 3.63) is 0 Å². The minimum atomic E-state index is -3.77. The predicted molar refractivity (Wildman–Crippen MR) is 79.2 cm³/mol. The van der Waals surface area contributed by atoms with Crippen molar-refractivity contribution in [2.75, 3.05) is 26.8 Å². The highest BCUT2D eigenvalue weighted by Gasteiger charge is 2.37. The average molecular weight is 322 g/mol. The molecule has 1 atom stereocenters. The largest absolute Gasteiger partial charge is 0.480 e. The summed E-state index contributed by atoms with van der Waals surface area (Å²) in [4.78, 5) is 11.2. The topological polar surface area (TPSA) is 95.9 Å². The molecule has 1 unspecified atom stereocenters. The lowest BCUT2D eigenvalue weighted by Gasteiger charge is -2.33. The van der Waals surface area contributed by atoms with Gasteiger partial charge in [0, 0.05) is 26.8 Å². The lowest BCUT2D eigenvalue weighted by Crippen LogP contribution is -2.53. The quantitative estimate of drug-likeness (QED) is 0.690. The molecule has 0 aromatic rings. The van der Waals surface area contributed by atoms with Gasteiger partial charge in [-0.05, 0) is 31.1 Å². The third kappa shape index (κ3) is 5.54. The van der Waals surface area contributed by atoms with Crippen molar-refractivity contribution < 1.29 is 23.1 Å². The molecule has 8 heteroatoms. The molecular weight excluding hydrogens is 296 g/mol. The van der Waals surface area contributed by atoms with E-state index in [-0.39, 0.29) is 18.5 Å². The Bertz CT molecular complexity index is 449. The van der Waals surface area contributed by atoms with Crippen molar-refractivity contribution in [1.29, 1.82) is 0 Å². The van der Waals surface area contributed by atoms with Crippen LogP contribution in [0.15, 0.2) is 0 Å². The van der Waals surface area contributed by atoms with Gasteiger partial charge in [0.1, 0.15) is 6.04 Å². The van der Waals surface area contributed by atoms with Crippen LogP contribution in [0.1, 0.15) is 39.5 Å². The molecule has 7 nitrogen and oxygen atoms in total. The molecule has 1 aliphatic rings. The monoisotopic (exact) mass is 322 g/mol. The summed E-state index contributed by atoms with van der Waals surface area (Å²) < 4.78 is 33.3. The number of carboxylic acids is 1. The van der Waals surface area contributed by atoms with E-state index >= 15 is 0 Å². The molecule has 2 N–H and O–H groups in total. The van der Waals surface area contributed by atoms with Gasteiger partial charge in [0.05, 0.1) is 0 Å². The van der Waals surface area contributed by atoms with Crippen molar-refractivity contribution in [2.24, 2.45) is 5.41 Å². The van der Waals surface area contributed by atoms with Crippen LogP contribution < -0.4 is 4.72 Å². The van der Waals surface area contributed by atoms with Crippen LogP contribution in [0, 0.1) is 5.41 Å². The molecule has 1 saturated heterocycles. The Morgan fingerprint density at radius 2 is 2.10 bits per heavy atom. The van der Waals surface area contributed by atoms with E-state index in [9.17, 15) is 13.2 Å². The highest BCUT2D eigenvalue weighted by Crippen LogP contribution is 2.22. The van der Waals surface area contributed by atoms with E-state index in [2.05, 4.69) is 4.72 Å². The van der Waals surface area contributed by atoms with Crippen LogP contribution in [0.5, 0.6) is 0 Å². The molecule has 1 heterocycles. The number of nitrogens with zero attached hydrogens (tertiary/aromatic N) is 1. The van der Waals surface area contributed by atoms with Crippen molar-refractivity contribution >= 4 is 16.2 Å². The molecule has 0 spiro atoms. The van der Waals surface area contributed by atoms with Crippen LogP contribution in [0.2, 0.25) is 0 Å². The zero-order chi connectivity index (χ0) is 16.1. The predicted octanol–water partition coefficient (Wildman–Crippen LogP) is 0.823.